The van der Waals surface area contributed by atoms with E-state index in [-0.39, 0.29) is 17.0 Å². The second-order valence-corrected chi connectivity index (χ2v) is 7.88. The Hall–Kier alpha value is -2.12. The molecule has 0 radical (unpaired) electrons. The molecule has 5 nitrogen and oxygen atoms in total. The minimum Gasteiger partial charge on any atom is -1.00 e. The van der Waals surface area contributed by atoms with Crippen LogP contribution in [0.2, 0.25) is 15.1 Å². The van der Waals surface area contributed by atoms with Gasteiger partial charge < -0.3 is 22.3 Å². The number of carbonyl (C=O) groups excluding carboxylic acids is 2. The predicted octanol–water partition coefficient (Wildman–Crippen LogP) is 1.07. The molecule has 2 N–H and O–H groups in total. The lowest BCUT2D eigenvalue weighted by molar-refractivity contribution is -0.688. The summed E-state index contributed by atoms with van der Waals surface area (Å²) in [4.78, 5) is 24.8. The molecule has 2 aromatic carbocycles. The van der Waals surface area contributed by atoms with Crippen LogP contribution in [0, 0.1) is 0 Å². The first-order valence-electron chi connectivity index (χ1n) is 8.72. The zero-order valence-electron chi connectivity index (χ0n) is 15.3. The van der Waals surface area contributed by atoms with Crippen LogP contribution in [0.25, 0.3) is 0 Å². The van der Waals surface area contributed by atoms with Gasteiger partial charge in [0.1, 0.15) is 0 Å². The average Bonchev–Trinajstić information content (AvgIpc) is 3.01. The standard InChI is InChI=1S/C21H14Cl3N3O2.BrH/c22-15-6-4-13(5-7-15)21(19(28)25-20(29)26-21)14-8-10-27(11-9-14)12-16-17(23)2-1-3-18(16)24;/h1-11H,12H2,(H-,25,26,28,29);1H. The third-order valence-corrected chi connectivity index (χ3v) is 5.83. The van der Waals surface area contributed by atoms with Crippen LogP contribution in [0.3, 0.4) is 0 Å². The van der Waals surface area contributed by atoms with Crippen LogP contribution < -0.4 is 32.2 Å². The number of hydrogen-bond acceptors (Lipinski definition) is 2. The van der Waals surface area contributed by atoms with E-state index in [9.17, 15) is 9.59 Å². The number of urea groups is 1. The van der Waals surface area contributed by atoms with Crippen LogP contribution in [0.1, 0.15) is 16.7 Å². The van der Waals surface area contributed by atoms with Crippen molar-refractivity contribution >= 4 is 46.7 Å². The van der Waals surface area contributed by atoms with Crippen LogP contribution in [-0.2, 0) is 16.9 Å². The normalized spacial score (nSPS) is 17.8. The van der Waals surface area contributed by atoms with Crippen LogP contribution in [0.4, 0.5) is 4.79 Å². The maximum absolute atomic E-state index is 12.8. The first-order valence-corrected chi connectivity index (χ1v) is 9.85. The van der Waals surface area contributed by atoms with Crippen LogP contribution in [0.5, 0.6) is 0 Å². The zero-order valence-corrected chi connectivity index (χ0v) is 19.2. The SMILES string of the molecule is O=C1NC(=O)C(c2ccc(Cl)cc2)(c2cc[n+](Cc3c(Cl)cccc3Cl)cc2)N1.[Br-]. The molecule has 0 aliphatic carbocycles. The van der Waals surface area contributed by atoms with E-state index < -0.39 is 17.5 Å². The Bertz CT molecular complexity index is 1090. The molecular weight excluding hydrogens is 513 g/mol. The van der Waals surface area contributed by atoms with Gasteiger partial charge in [0.15, 0.2) is 24.5 Å². The van der Waals surface area contributed by atoms with E-state index in [1.807, 2.05) is 17.0 Å². The molecule has 3 aromatic rings. The molecule has 0 spiro atoms. The molecule has 0 saturated carbocycles. The number of benzene rings is 2. The Morgan fingerprint density at radius 2 is 1.40 bits per heavy atom. The first-order chi connectivity index (χ1) is 13.9. The lowest BCUT2D eigenvalue weighted by atomic mass is 9.83. The largest absolute Gasteiger partial charge is 1.00 e. The van der Waals surface area contributed by atoms with Gasteiger partial charge in [-0.05, 0) is 29.8 Å². The number of aromatic nitrogens is 1. The van der Waals surface area contributed by atoms with Crippen molar-refractivity contribution in [3.8, 4) is 0 Å². The van der Waals surface area contributed by atoms with E-state index in [1.54, 1.807) is 54.6 Å². The molecule has 1 aromatic heterocycles. The summed E-state index contributed by atoms with van der Waals surface area (Å²) in [7, 11) is 0. The van der Waals surface area contributed by atoms with Gasteiger partial charge in [0, 0.05) is 22.7 Å². The number of nitrogens with zero attached hydrogens (tertiary/aromatic N) is 1. The third kappa shape index (κ3) is 4.05. The zero-order chi connectivity index (χ0) is 20.6. The van der Waals surface area contributed by atoms with Gasteiger partial charge in [-0.1, -0.05) is 53.0 Å². The number of imide groups is 1. The van der Waals surface area contributed by atoms with Gasteiger partial charge in [0.25, 0.3) is 5.91 Å². The van der Waals surface area contributed by atoms with Gasteiger partial charge in [0.2, 0.25) is 0 Å². The summed E-state index contributed by atoms with van der Waals surface area (Å²) in [6.45, 7) is 0.464. The molecule has 1 saturated heterocycles. The lowest BCUT2D eigenvalue weighted by Crippen LogP contribution is -3.00. The molecule has 30 heavy (non-hydrogen) atoms. The number of pyridine rings is 1. The monoisotopic (exact) mass is 525 g/mol. The minimum atomic E-state index is -1.33. The van der Waals surface area contributed by atoms with Gasteiger partial charge in [0.05, 0.1) is 15.6 Å². The molecule has 1 aliphatic heterocycles. The molecule has 154 valence electrons. The van der Waals surface area contributed by atoms with Gasteiger partial charge in [-0.25, -0.2) is 9.36 Å². The van der Waals surface area contributed by atoms with Crippen LogP contribution in [0.15, 0.2) is 67.0 Å². The molecular formula is C21H15BrCl3N3O2. The van der Waals surface area contributed by atoms with Gasteiger partial charge in [-0.2, -0.15) is 0 Å². The Kier molecular flexibility index (Phi) is 6.72. The second kappa shape index (κ2) is 8.94. The van der Waals surface area contributed by atoms with Crippen molar-refractivity contribution < 1.29 is 31.1 Å². The molecule has 1 unspecified atom stereocenters. The van der Waals surface area contributed by atoms with Crippen molar-refractivity contribution in [3.63, 3.8) is 0 Å². The number of hydrogen-bond donors (Lipinski definition) is 2. The van der Waals surface area contributed by atoms with Crippen molar-refractivity contribution in [3.05, 3.63) is 98.7 Å². The predicted molar refractivity (Wildman–Crippen MR) is 111 cm³/mol. The Balaban J connectivity index is 0.00000256. The number of amides is 3. The van der Waals surface area contributed by atoms with Gasteiger partial charge in [-0.15, -0.1) is 0 Å². The van der Waals surface area contributed by atoms with E-state index in [0.29, 0.717) is 32.7 Å². The number of nitrogens with one attached hydrogen (secondary N) is 2. The van der Waals surface area contributed by atoms with E-state index in [1.165, 1.54) is 0 Å². The molecule has 3 amide bonds. The molecule has 1 atom stereocenters. The molecule has 9 heteroatoms. The highest BCUT2D eigenvalue weighted by atomic mass is 79.9. The van der Waals surface area contributed by atoms with Crippen molar-refractivity contribution in [2.75, 3.05) is 0 Å². The van der Waals surface area contributed by atoms with Crippen molar-refractivity contribution in [1.29, 1.82) is 0 Å². The fourth-order valence-electron chi connectivity index (χ4n) is 3.41. The molecule has 1 fully saturated rings. The summed E-state index contributed by atoms with van der Waals surface area (Å²) in [5.74, 6) is -0.447. The van der Waals surface area contributed by atoms with Crippen molar-refractivity contribution in [2.24, 2.45) is 0 Å². The van der Waals surface area contributed by atoms with E-state index >= 15 is 0 Å². The van der Waals surface area contributed by atoms with Gasteiger partial charge >= 0.3 is 6.03 Å². The summed E-state index contributed by atoms with van der Waals surface area (Å²) in [6.07, 6.45) is 3.62. The maximum Gasteiger partial charge on any atom is 0.322 e. The minimum absolute atomic E-state index is 0. The van der Waals surface area contributed by atoms with Crippen molar-refractivity contribution in [2.45, 2.75) is 12.1 Å². The molecule has 1 aliphatic rings. The summed E-state index contributed by atoms with van der Waals surface area (Å²) in [5.41, 5.74) is 0.692. The van der Waals surface area contributed by atoms with E-state index in [0.717, 1.165) is 5.56 Å². The fourth-order valence-corrected chi connectivity index (χ4v) is 4.05. The first kappa shape index (κ1) is 22.6. The third-order valence-electron chi connectivity index (χ3n) is 4.87. The smallest absolute Gasteiger partial charge is 0.322 e. The highest BCUT2D eigenvalue weighted by Crippen LogP contribution is 2.33. The summed E-state index contributed by atoms with van der Waals surface area (Å²) >= 11 is 18.5. The van der Waals surface area contributed by atoms with Gasteiger partial charge in [-0.3, -0.25) is 10.1 Å². The maximum atomic E-state index is 12.8. The second-order valence-electron chi connectivity index (χ2n) is 6.62. The summed E-state index contributed by atoms with van der Waals surface area (Å²) < 4.78 is 1.89. The topological polar surface area (TPSA) is 62.1 Å². The van der Waals surface area contributed by atoms with Crippen LogP contribution in [-0.4, -0.2) is 11.9 Å². The molecule has 4 rings (SSSR count). The molecule has 0 bridgehead atoms. The lowest BCUT2D eigenvalue weighted by Gasteiger charge is -2.26. The number of rotatable bonds is 4. The Morgan fingerprint density at radius 1 is 0.833 bits per heavy atom. The van der Waals surface area contributed by atoms with Crippen LogP contribution >= 0.6 is 34.8 Å². The quantitative estimate of drug-likeness (QED) is 0.394. The summed E-state index contributed by atoms with van der Waals surface area (Å²) in [5, 5.41) is 6.78. The highest BCUT2D eigenvalue weighted by molar-refractivity contribution is 6.35. The Labute approximate surface area is 198 Å². The highest BCUT2D eigenvalue weighted by Gasteiger charge is 2.49. The summed E-state index contributed by atoms with van der Waals surface area (Å²) in [6, 6.07) is 15.2. The van der Waals surface area contributed by atoms with E-state index in [2.05, 4.69) is 10.6 Å². The molecule has 2 heterocycles. The van der Waals surface area contributed by atoms with Crippen molar-refractivity contribution in [1.82, 2.24) is 10.6 Å². The number of carbonyl (C=O) groups is 2. The number of halogens is 4. The fraction of sp³-hybridized carbons (Fsp3) is 0.0952. The Morgan fingerprint density at radius 3 is 1.93 bits per heavy atom. The van der Waals surface area contributed by atoms with E-state index in [4.69, 9.17) is 34.8 Å². The average molecular weight is 528 g/mol.